The van der Waals surface area contributed by atoms with Gasteiger partial charge in [0.05, 0.1) is 12.7 Å². The lowest BCUT2D eigenvalue weighted by atomic mass is 10.0. The van der Waals surface area contributed by atoms with Crippen molar-refractivity contribution < 1.29 is 14.6 Å². The highest BCUT2D eigenvalue weighted by atomic mass is 35.5. The molecule has 1 aromatic rings. The number of nitrogens with one attached hydrogen (secondary N) is 1. The average molecular weight is 272 g/mol. The smallest absolute Gasteiger partial charge is 0.255 e. The Balaban J connectivity index is 2.91. The highest BCUT2D eigenvalue weighted by Gasteiger charge is 2.22. The van der Waals surface area contributed by atoms with Crippen molar-refractivity contribution in [3.05, 3.63) is 28.8 Å². The number of aliphatic hydroxyl groups excluding tert-OH is 1. The molecule has 1 aromatic carbocycles. The second-order valence-corrected chi connectivity index (χ2v) is 5.09. The van der Waals surface area contributed by atoms with E-state index in [1.54, 1.807) is 18.2 Å². The van der Waals surface area contributed by atoms with Gasteiger partial charge in [-0.2, -0.15) is 0 Å². The number of aliphatic hydroxyl groups is 1. The summed E-state index contributed by atoms with van der Waals surface area (Å²) in [6.45, 7) is 3.72. The second kappa shape index (κ2) is 6.07. The van der Waals surface area contributed by atoms with Crippen LogP contribution in [0.2, 0.25) is 5.02 Å². The Labute approximate surface area is 112 Å². The van der Waals surface area contributed by atoms with Crippen LogP contribution in [0.4, 0.5) is 0 Å². The molecule has 0 aliphatic heterocycles. The third-order valence-electron chi connectivity index (χ3n) is 2.60. The number of benzene rings is 1. The van der Waals surface area contributed by atoms with E-state index >= 15 is 0 Å². The molecule has 0 aliphatic carbocycles. The van der Waals surface area contributed by atoms with Crippen molar-refractivity contribution in [3.63, 3.8) is 0 Å². The number of halogens is 1. The van der Waals surface area contributed by atoms with Gasteiger partial charge < -0.3 is 15.2 Å². The maximum Gasteiger partial charge on any atom is 0.255 e. The van der Waals surface area contributed by atoms with Gasteiger partial charge in [-0.1, -0.05) is 11.6 Å². The van der Waals surface area contributed by atoms with Crippen molar-refractivity contribution in [1.82, 2.24) is 5.32 Å². The number of rotatable bonds is 5. The zero-order valence-corrected chi connectivity index (χ0v) is 11.5. The molecule has 18 heavy (non-hydrogen) atoms. The van der Waals surface area contributed by atoms with Crippen molar-refractivity contribution in [2.24, 2.45) is 0 Å². The molecule has 5 heteroatoms. The molecular formula is C13H18ClNO3. The normalized spacial score (nSPS) is 11.2. The Kier molecular flexibility index (Phi) is 4.99. The fraction of sp³-hybridized carbons (Fsp3) is 0.462. The minimum absolute atomic E-state index is 0.0189. The van der Waals surface area contributed by atoms with Crippen LogP contribution in [0, 0.1) is 0 Å². The van der Waals surface area contributed by atoms with Crippen LogP contribution in [0.5, 0.6) is 5.75 Å². The Morgan fingerprint density at radius 1 is 1.50 bits per heavy atom. The number of amides is 1. The van der Waals surface area contributed by atoms with Gasteiger partial charge in [0, 0.05) is 17.2 Å². The first kappa shape index (κ1) is 14.8. The van der Waals surface area contributed by atoms with E-state index in [0.717, 1.165) is 0 Å². The molecule has 0 aromatic heterocycles. The van der Waals surface area contributed by atoms with Crippen LogP contribution in [-0.4, -0.2) is 30.3 Å². The third kappa shape index (κ3) is 3.89. The summed E-state index contributed by atoms with van der Waals surface area (Å²) < 4.78 is 5.13. The minimum atomic E-state index is -0.476. The summed E-state index contributed by atoms with van der Waals surface area (Å²) in [6, 6.07) is 4.85. The zero-order valence-electron chi connectivity index (χ0n) is 10.8. The van der Waals surface area contributed by atoms with Gasteiger partial charge in [0.15, 0.2) is 0 Å². The van der Waals surface area contributed by atoms with Crippen molar-refractivity contribution >= 4 is 17.5 Å². The molecule has 0 saturated heterocycles. The van der Waals surface area contributed by atoms with Crippen molar-refractivity contribution in [2.75, 3.05) is 13.7 Å². The molecule has 0 saturated carbocycles. The van der Waals surface area contributed by atoms with Gasteiger partial charge >= 0.3 is 0 Å². The summed E-state index contributed by atoms with van der Waals surface area (Å²) in [5.41, 5.74) is -0.0517. The molecule has 0 radical (unpaired) electrons. The molecular weight excluding hydrogens is 254 g/mol. The summed E-state index contributed by atoms with van der Waals surface area (Å²) in [6.07, 6.45) is 0.481. The van der Waals surface area contributed by atoms with E-state index < -0.39 is 5.54 Å². The lowest BCUT2D eigenvalue weighted by Gasteiger charge is -2.25. The lowest BCUT2D eigenvalue weighted by Crippen LogP contribution is -2.44. The monoisotopic (exact) mass is 271 g/mol. The molecule has 0 bridgehead atoms. The van der Waals surface area contributed by atoms with E-state index in [9.17, 15) is 4.79 Å². The van der Waals surface area contributed by atoms with Gasteiger partial charge in [-0.3, -0.25) is 4.79 Å². The highest BCUT2D eigenvalue weighted by Crippen LogP contribution is 2.23. The SMILES string of the molecule is COc1cc(Cl)ccc1C(=O)NC(C)(C)CCO. The summed E-state index contributed by atoms with van der Waals surface area (Å²) in [4.78, 5) is 12.1. The molecule has 0 unspecified atom stereocenters. The van der Waals surface area contributed by atoms with E-state index in [-0.39, 0.29) is 12.5 Å². The Morgan fingerprint density at radius 2 is 2.17 bits per heavy atom. The lowest BCUT2D eigenvalue weighted by molar-refractivity contribution is 0.0896. The predicted octanol–water partition coefficient (Wildman–Crippen LogP) is 2.24. The predicted molar refractivity (Wildman–Crippen MR) is 71.3 cm³/mol. The maximum absolute atomic E-state index is 12.1. The molecule has 0 heterocycles. The van der Waals surface area contributed by atoms with E-state index in [1.165, 1.54) is 7.11 Å². The van der Waals surface area contributed by atoms with Crippen LogP contribution in [0.3, 0.4) is 0 Å². The van der Waals surface area contributed by atoms with Crippen LogP contribution >= 0.6 is 11.6 Å². The fourth-order valence-corrected chi connectivity index (χ4v) is 1.73. The molecule has 0 fully saturated rings. The van der Waals surface area contributed by atoms with E-state index in [4.69, 9.17) is 21.4 Å². The summed E-state index contributed by atoms with van der Waals surface area (Å²) in [5.74, 6) is 0.182. The van der Waals surface area contributed by atoms with Crippen molar-refractivity contribution in [1.29, 1.82) is 0 Å². The Morgan fingerprint density at radius 3 is 2.72 bits per heavy atom. The number of carbonyl (C=O) groups excluding carboxylic acids is 1. The van der Waals surface area contributed by atoms with Gasteiger partial charge in [0.2, 0.25) is 0 Å². The number of carbonyl (C=O) groups is 1. The number of ether oxygens (including phenoxy) is 1. The fourth-order valence-electron chi connectivity index (χ4n) is 1.57. The second-order valence-electron chi connectivity index (χ2n) is 4.66. The Bertz CT molecular complexity index is 432. The van der Waals surface area contributed by atoms with Crippen LogP contribution < -0.4 is 10.1 Å². The molecule has 4 nitrogen and oxygen atoms in total. The average Bonchev–Trinajstić information content (AvgIpc) is 2.27. The molecule has 100 valence electrons. The third-order valence-corrected chi connectivity index (χ3v) is 2.83. The summed E-state index contributed by atoms with van der Waals surface area (Å²) in [5, 5.41) is 12.3. The van der Waals surface area contributed by atoms with Crippen LogP contribution in [-0.2, 0) is 0 Å². The summed E-state index contributed by atoms with van der Waals surface area (Å²) >= 11 is 5.84. The number of methoxy groups -OCH3 is 1. The van der Waals surface area contributed by atoms with E-state index in [1.807, 2.05) is 13.8 Å². The standard InChI is InChI=1S/C13H18ClNO3/c1-13(2,6-7-16)15-12(17)10-5-4-9(14)8-11(10)18-3/h4-5,8,16H,6-7H2,1-3H3,(H,15,17). The van der Waals surface area contributed by atoms with E-state index in [0.29, 0.717) is 22.8 Å². The molecule has 0 aliphatic rings. The molecule has 1 rings (SSSR count). The molecule has 0 atom stereocenters. The van der Waals surface area contributed by atoms with Gasteiger partial charge in [-0.25, -0.2) is 0 Å². The van der Waals surface area contributed by atoms with Gasteiger partial charge in [-0.05, 0) is 38.5 Å². The number of hydrogen-bond acceptors (Lipinski definition) is 3. The zero-order chi connectivity index (χ0) is 13.8. The molecule has 2 N–H and O–H groups in total. The Hall–Kier alpha value is -1.26. The first-order valence-corrected chi connectivity index (χ1v) is 6.04. The van der Waals surface area contributed by atoms with Gasteiger partial charge in [0.1, 0.15) is 5.75 Å². The largest absolute Gasteiger partial charge is 0.496 e. The van der Waals surface area contributed by atoms with Gasteiger partial charge in [0.25, 0.3) is 5.91 Å². The van der Waals surface area contributed by atoms with Crippen LogP contribution in [0.25, 0.3) is 0 Å². The maximum atomic E-state index is 12.1. The van der Waals surface area contributed by atoms with Crippen molar-refractivity contribution in [3.8, 4) is 5.75 Å². The first-order chi connectivity index (χ1) is 8.39. The molecule has 0 spiro atoms. The first-order valence-electron chi connectivity index (χ1n) is 5.66. The highest BCUT2D eigenvalue weighted by molar-refractivity contribution is 6.30. The topological polar surface area (TPSA) is 58.6 Å². The number of hydrogen-bond donors (Lipinski definition) is 2. The van der Waals surface area contributed by atoms with Crippen LogP contribution in [0.1, 0.15) is 30.6 Å². The summed E-state index contributed by atoms with van der Waals surface area (Å²) in [7, 11) is 1.49. The minimum Gasteiger partial charge on any atom is -0.496 e. The molecule has 1 amide bonds. The van der Waals surface area contributed by atoms with E-state index in [2.05, 4.69) is 5.32 Å². The van der Waals surface area contributed by atoms with Gasteiger partial charge in [-0.15, -0.1) is 0 Å². The quantitative estimate of drug-likeness (QED) is 0.863. The van der Waals surface area contributed by atoms with Crippen LogP contribution in [0.15, 0.2) is 18.2 Å². The van der Waals surface area contributed by atoms with Crippen molar-refractivity contribution in [2.45, 2.75) is 25.8 Å².